The number of hydrogen-bond donors (Lipinski definition) is 2. The van der Waals surface area contributed by atoms with Crippen LogP contribution in [0.15, 0.2) is 0 Å². The molecule has 0 aromatic carbocycles. The predicted molar refractivity (Wildman–Crippen MR) is 56.2 cm³/mol. The molecule has 0 saturated carbocycles. The number of rotatable bonds is 1. The van der Waals surface area contributed by atoms with E-state index >= 15 is 0 Å². The SMILES string of the molecule is CC(C)(C)C1CCNCCC1C(=O)O. The third-order valence-electron chi connectivity index (χ3n) is 3.18. The smallest absolute Gasteiger partial charge is 0.306 e. The molecule has 2 unspecified atom stereocenters. The minimum absolute atomic E-state index is 0.0923. The summed E-state index contributed by atoms with van der Waals surface area (Å²) in [5.74, 6) is -0.520. The fourth-order valence-electron chi connectivity index (χ4n) is 2.37. The Morgan fingerprint density at radius 3 is 2.36 bits per heavy atom. The van der Waals surface area contributed by atoms with Gasteiger partial charge in [0.05, 0.1) is 5.92 Å². The number of carboxylic acid groups (broad SMARTS) is 1. The Hall–Kier alpha value is -0.570. The monoisotopic (exact) mass is 199 g/mol. The highest BCUT2D eigenvalue weighted by Gasteiger charge is 2.36. The van der Waals surface area contributed by atoms with Gasteiger partial charge in [0.2, 0.25) is 0 Å². The van der Waals surface area contributed by atoms with E-state index in [-0.39, 0.29) is 17.3 Å². The summed E-state index contributed by atoms with van der Waals surface area (Å²) < 4.78 is 0. The molecule has 2 atom stereocenters. The Labute approximate surface area is 85.9 Å². The summed E-state index contributed by atoms with van der Waals surface area (Å²) in [6.45, 7) is 8.20. The number of hydrogen-bond acceptors (Lipinski definition) is 2. The molecule has 82 valence electrons. The maximum absolute atomic E-state index is 11.1. The van der Waals surface area contributed by atoms with Crippen LogP contribution in [0.1, 0.15) is 33.6 Å². The normalized spacial score (nSPS) is 29.6. The van der Waals surface area contributed by atoms with Crippen LogP contribution >= 0.6 is 0 Å². The average Bonchev–Trinajstić information content (AvgIpc) is 2.26. The van der Waals surface area contributed by atoms with Crippen LogP contribution in [0.25, 0.3) is 0 Å². The van der Waals surface area contributed by atoms with E-state index in [4.69, 9.17) is 5.11 Å². The van der Waals surface area contributed by atoms with Crippen LogP contribution in [0.3, 0.4) is 0 Å². The number of aliphatic carboxylic acids is 1. The van der Waals surface area contributed by atoms with Crippen molar-refractivity contribution < 1.29 is 9.90 Å². The first-order valence-corrected chi connectivity index (χ1v) is 5.36. The fourth-order valence-corrected chi connectivity index (χ4v) is 2.37. The largest absolute Gasteiger partial charge is 0.481 e. The Morgan fingerprint density at radius 2 is 1.86 bits per heavy atom. The van der Waals surface area contributed by atoms with E-state index < -0.39 is 5.97 Å². The molecule has 2 N–H and O–H groups in total. The van der Waals surface area contributed by atoms with Gasteiger partial charge in [0, 0.05) is 0 Å². The van der Waals surface area contributed by atoms with Gasteiger partial charge in [-0.05, 0) is 37.3 Å². The Morgan fingerprint density at radius 1 is 1.29 bits per heavy atom. The molecule has 1 saturated heterocycles. The highest BCUT2D eigenvalue weighted by molar-refractivity contribution is 5.70. The van der Waals surface area contributed by atoms with E-state index in [1.807, 2.05) is 0 Å². The minimum atomic E-state index is -0.631. The van der Waals surface area contributed by atoms with Crippen LogP contribution in [0, 0.1) is 17.3 Å². The van der Waals surface area contributed by atoms with Gasteiger partial charge in [0.15, 0.2) is 0 Å². The van der Waals surface area contributed by atoms with Crippen molar-refractivity contribution >= 4 is 5.97 Å². The van der Waals surface area contributed by atoms with E-state index in [9.17, 15) is 4.79 Å². The van der Waals surface area contributed by atoms with Crippen LogP contribution in [-0.4, -0.2) is 24.2 Å². The van der Waals surface area contributed by atoms with Crippen molar-refractivity contribution in [3.05, 3.63) is 0 Å². The van der Waals surface area contributed by atoms with Crippen LogP contribution < -0.4 is 5.32 Å². The molecule has 3 heteroatoms. The molecule has 1 aliphatic rings. The van der Waals surface area contributed by atoms with E-state index in [0.717, 1.165) is 25.9 Å². The summed E-state index contributed by atoms with van der Waals surface area (Å²) in [5, 5.41) is 12.4. The second-order valence-electron chi connectivity index (χ2n) is 5.24. The fraction of sp³-hybridized carbons (Fsp3) is 0.909. The summed E-state index contributed by atoms with van der Waals surface area (Å²) in [4.78, 5) is 11.1. The molecule has 0 amide bonds. The Balaban J connectivity index is 2.79. The van der Waals surface area contributed by atoms with Crippen LogP contribution in [0.2, 0.25) is 0 Å². The van der Waals surface area contributed by atoms with Gasteiger partial charge in [0.1, 0.15) is 0 Å². The number of nitrogens with one attached hydrogen (secondary N) is 1. The van der Waals surface area contributed by atoms with Crippen molar-refractivity contribution in [1.82, 2.24) is 5.32 Å². The zero-order valence-electron chi connectivity index (χ0n) is 9.34. The van der Waals surface area contributed by atoms with Crippen molar-refractivity contribution in [3.63, 3.8) is 0 Å². The molecule has 0 bridgehead atoms. The first-order chi connectivity index (χ1) is 6.43. The Bertz CT molecular complexity index is 208. The molecule has 1 heterocycles. The quantitative estimate of drug-likeness (QED) is 0.676. The highest BCUT2D eigenvalue weighted by Crippen LogP contribution is 2.37. The lowest BCUT2D eigenvalue weighted by atomic mass is 9.71. The minimum Gasteiger partial charge on any atom is -0.481 e. The van der Waals surface area contributed by atoms with Crippen molar-refractivity contribution in [1.29, 1.82) is 0 Å². The first-order valence-electron chi connectivity index (χ1n) is 5.36. The van der Waals surface area contributed by atoms with Crippen molar-refractivity contribution in [2.75, 3.05) is 13.1 Å². The zero-order chi connectivity index (χ0) is 10.8. The lowest BCUT2D eigenvalue weighted by Gasteiger charge is -2.33. The topological polar surface area (TPSA) is 49.3 Å². The van der Waals surface area contributed by atoms with Gasteiger partial charge in [-0.3, -0.25) is 4.79 Å². The third-order valence-corrected chi connectivity index (χ3v) is 3.18. The van der Waals surface area contributed by atoms with Gasteiger partial charge < -0.3 is 10.4 Å². The molecular formula is C11H21NO2. The number of carbonyl (C=O) groups is 1. The lowest BCUT2D eigenvalue weighted by molar-refractivity contribution is -0.145. The molecule has 1 aliphatic heterocycles. The predicted octanol–water partition coefficient (Wildman–Crippen LogP) is 1.73. The molecule has 1 rings (SSSR count). The summed E-state index contributed by atoms with van der Waals surface area (Å²) in [6.07, 6.45) is 1.73. The highest BCUT2D eigenvalue weighted by atomic mass is 16.4. The standard InChI is InChI=1S/C11H21NO2/c1-11(2,3)9-5-7-12-6-4-8(9)10(13)14/h8-9,12H,4-7H2,1-3H3,(H,13,14). The Kier molecular flexibility index (Phi) is 3.53. The average molecular weight is 199 g/mol. The van der Waals surface area contributed by atoms with Gasteiger partial charge in [-0.2, -0.15) is 0 Å². The van der Waals surface area contributed by atoms with E-state index in [2.05, 4.69) is 26.1 Å². The maximum Gasteiger partial charge on any atom is 0.306 e. The van der Waals surface area contributed by atoms with Crippen LogP contribution in [0.5, 0.6) is 0 Å². The summed E-state index contributed by atoms with van der Waals surface area (Å²) in [6, 6.07) is 0. The van der Waals surface area contributed by atoms with Crippen molar-refractivity contribution in [2.24, 2.45) is 17.3 Å². The van der Waals surface area contributed by atoms with E-state index in [1.165, 1.54) is 0 Å². The molecule has 0 radical (unpaired) electrons. The van der Waals surface area contributed by atoms with Crippen LogP contribution in [-0.2, 0) is 4.79 Å². The summed E-state index contributed by atoms with van der Waals surface area (Å²) >= 11 is 0. The van der Waals surface area contributed by atoms with Gasteiger partial charge >= 0.3 is 5.97 Å². The first kappa shape index (κ1) is 11.5. The molecule has 0 spiro atoms. The molecule has 14 heavy (non-hydrogen) atoms. The molecule has 0 aromatic heterocycles. The van der Waals surface area contributed by atoms with Gasteiger partial charge in [0.25, 0.3) is 0 Å². The van der Waals surface area contributed by atoms with Crippen molar-refractivity contribution in [3.8, 4) is 0 Å². The third kappa shape index (κ3) is 2.71. The second kappa shape index (κ2) is 4.30. The molecule has 3 nitrogen and oxygen atoms in total. The molecule has 1 fully saturated rings. The van der Waals surface area contributed by atoms with Gasteiger partial charge in [-0.25, -0.2) is 0 Å². The van der Waals surface area contributed by atoms with Gasteiger partial charge in [-0.15, -0.1) is 0 Å². The van der Waals surface area contributed by atoms with Crippen molar-refractivity contribution in [2.45, 2.75) is 33.6 Å². The van der Waals surface area contributed by atoms with E-state index in [1.54, 1.807) is 0 Å². The van der Waals surface area contributed by atoms with Crippen LogP contribution in [0.4, 0.5) is 0 Å². The molecular weight excluding hydrogens is 178 g/mol. The molecule has 0 aromatic rings. The van der Waals surface area contributed by atoms with Gasteiger partial charge in [-0.1, -0.05) is 20.8 Å². The van der Waals surface area contributed by atoms with E-state index in [0.29, 0.717) is 0 Å². The lowest BCUT2D eigenvalue weighted by Crippen LogP contribution is -2.33. The number of carboxylic acids is 1. The maximum atomic E-state index is 11.1. The zero-order valence-corrected chi connectivity index (χ0v) is 9.34. The second-order valence-corrected chi connectivity index (χ2v) is 5.24. The molecule has 0 aliphatic carbocycles. The summed E-state index contributed by atoms with van der Waals surface area (Å²) in [7, 11) is 0. The summed E-state index contributed by atoms with van der Waals surface area (Å²) in [5.41, 5.74) is 0.0923.